The molecule has 4 unspecified atom stereocenters. The quantitative estimate of drug-likeness (QED) is 0.711. The second kappa shape index (κ2) is 5.12. The molecule has 2 aliphatic carbocycles. The number of rotatable bonds is 4. The average molecular weight is 269 g/mol. The largest absolute Gasteiger partial charge is 0.481 e. The molecule has 2 aliphatic rings. The Bertz CT molecular complexity index is 380. The molecule has 0 saturated heterocycles. The number of aliphatic hydroxyl groups is 1. The zero-order valence-electron chi connectivity index (χ0n) is 11.6. The summed E-state index contributed by atoms with van der Waals surface area (Å²) in [7, 11) is 0. The molecule has 0 bridgehead atoms. The molecular weight excluding hydrogens is 246 g/mol. The SMILES string of the molecule is CC1(C)C(C(=O)O)C1C(=O)NC1CCCCC1CO. The van der Waals surface area contributed by atoms with Gasteiger partial charge in [0, 0.05) is 18.6 Å². The molecule has 2 fully saturated rings. The Morgan fingerprint density at radius 3 is 2.37 bits per heavy atom. The van der Waals surface area contributed by atoms with Gasteiger partial charge in [-0.2, -0.15) is 0 Å². The van der Waals surface area contributed by atoms with E-state index >= 15 is 0 Å². The van der Waals surface area contributed by atoms with Gasteiger partial charge in [-0.1, -0.05) is 26.7 Å². The van der Waals surface area contributed by atoms with E-state index in [9.17, 15) is 14.7 Å². The summed E-state index contributed by atoms with van der Waals surface area (Å²) >= 11 is 0. The molecule has 2 rings (SSSR count). The maximum atomic E-state index is 12.2. The summed E-state index contributed by atoms with van der Waals surface area (Å²) in [6.07, 6.45) is 3.95. The van der Waals surface area contributed by atoms with Gasteiger partial charge in [0.2, 0.25) is 5.91 Å². The van der Waals surface area contributed by atoms with Crippen LogP contribution in [0.5, 0.6) is 0 Å². The highest BCUT2D eigenvalue weighted by Crippen LogP contribution is 2.58. The molecule has 4 atom stereocenters. The summed E-state index contributed by atoms with van der Waals surface area (Å²) in [6.45, 7) is 3.72. The highest BCUT2D eigenvalue weighted by molar-refractivity contribution is 5.91. The Morgan fingerprint density at radius 1 is 1.21 bits per heavy atom. The number of aliphatic hydroxyl groups excluding tert-OH is 1. The van der Waals surface area contributed by atoms with Crippen LogP contribution in [0.2, 0.25) is 0 Å². The minimum absolute atomic E-state index is 0.00269. The summed E-state index contributed by atoms with van der Waals surface area (Å²) < 4.78 is 0. The summed E-state index contributed by atoms with van der Waals surface area (Å²) in [4.78, 5) is 23.3. The summed E-state index contributed by atoms with van der Waals surface area (Å²) in [5.74, 6) is -1.96. The number of carbonyl (C=O) groups excluding carboxylic acids is 1. The molecule has 1 amide bonds. The Kier molecular flexibility index (Phi) is 3.85. The van der Waals surface area contributed by atoms with Crippen LogP contribution in [0, 0.1) is 23.2 Å². The van der Waals surface area contributed by atoms with Gasteiger partial charge in [0.25, 0.3) is 0 Å². The van der Waals surface area contributed by atoms with Crippen LogP contribution >= 0.6 is 0 Å². The molecular formula is C14H23NO4. The van der Waals surface area contributed by atoms with Crippen LogP contribution in [0.3, 0.4) is 0 Å². The first kappa shape index (κ1) is 14.3. The average Bonchev–Trinajstić information content (AvgIpc) is 2.93. The second-order valence-corrected chi connectivity index (χ2v) is 6.46. The van der Waals surface area contributed by atoms with Crippen LogP contribution in [0.4, 0.5) is 0 Å². The number of aliphatic carboxylic acids is 1. The van der Waals surface area contributed by atoms with Gasteiger partial charge in [-0.15, -0.1) is 0 Å². The molecule has 19 heavy (non-hydrogen) atoms. The van der Waals surface area contributed by atoms with Crippen LogP contribution in [-0.2, 0) is 9.59 Å². The fourth-order valence-electron chi connectivity index (χ4n) is 3.48. The standard InChI is InChI=1S/C14H23NO4/c1-14(2)10(11(14)13(18)19)12(17)15-9-6-4-3-5-8(9)7-16/h8-11,16H,3-7H2,1-2H3,(H,15,17)(H,18,19). The van der Waals surface area contributed by atoms with Gasteiger partial charge in [-0.25, -0.2) is 0 Å². The number of carboxylic acid groups (broad SMARTS) is 1. The fraction of sp³-hybridized carbons (Fsp3) is 0.857. The van der Waals surface area contributed by atoms with E-state index in [-0.39, 0.29) is 24.5 Å². The topological polar surface area (TPSA) is 86.6 Å². The molecule has 0 heterocycles. The summed E-state index contributed by atoms with van der Waals surface area (Å²) in [5.41, 5.74) is -0.459. The molecule has 0 aromatic rings. The van der Waals surface area contributed by atoms with Crippen LogP contribution in [-0.4, -0.2) is 34.7 Å². The molecule has 0 aromatic heterocycles. The minimum atomic E-state index is -0.896. The molecule has 108 valence electrons. The molecule has 3 N–H and O–H groups in total. The third-order valence-corrected chi connectivity index (χ3v) is 4.85. The van der Waals surface area contributed by atoms with Crippen LogP contribution in [0.25, 0.3) is 0 Å². The predicted molar refractivity (Wildman–Crippen MR) is 69.4 cm³/mol. The van der Waals surface area contributed by atoms with E-state index in [4.69, 9.17) is 5.11 Å². The summed E-state index contributed by atoms with van der Waals surface area (Å²) in [6, 6.07) is -0.00269. The molecule has 5 heteroatoms. The van der Waals surface area contributed by atoms with Crippen LogP contribution < -0.4 is 5.32 Å². The first-order valence-corrected chi connectivity index (χ1v) is 7.03. The lowest BCUT2D eigenvalue weighted by Gasteiger charge is -2.31. The number of hydrogen-bond acceptors (Lipinski definition) is 3. The maximum absolute atomic E-state index is 12.2. The number of carbonyl (C=O) groups is 2. The lowest BCUT2D eigenvalue weighted by atomic mass is 9.85. The lowest BCUT2D eigenvalue weighted by molar-refractivity contribution is -0.140. The zero-order valence-corrected chi connectivity index (χ0v) is 11.6. The first-order chi connectivity index (χ1) is 8.89. The van der Waals surface area contributed by atoms with Gasteiger partial charge in [0.15, 0.2) is 0 Å². The van der Waals surface area contributed by atoms with Crippen molar-refractivity contribution in [2.45, 2.75) is 45.6 Å². The van der Waals surface area contributed by atoms with Gasteiger partial charge in [0.1, 0.15) is 0 Å². The van der Waals surface area contributed by atoms with Crippen molar-refractivity contribution < 1.29 is 19.8 Å². The molecule has 0 aliphatic heterocycles. The predicted octanol–water partition coefficient (Wildman–Crippen LogP) is 1.01. The molecule has 5 nitrogen and oxygen atoms in total. The molecule has 0 radical (unpaired) electrons. The normalized spacial score (nSPS) is 36.6. The highest BCUT2D eigenvalue weighted by atomic mass is 16.4. The van der Waals surface area contributed by atoms with E-state index in [2.05, 4.69) is 5.32 Å². The Labute approximate surface area is 113 Å². The third-order valence-electron chi connectivity index (χ3n) is 4.85. The van der Waals surface area contributed by atoms with Crippen molar-refractivity contribution in [2.24, 2.45) is 23.2 Å². The van der Waals surface area contributed by atoms with Crippen molar-refractivity contribution in [1.29, 1.82) is 0 Å². The van der Waals surface area contributed by atoms with Gasteiger partial charge in [-0.05, 0) is 18.3 Å². The van der Waals surface area contributed by atoms with Gasteiger partial charge >= 0.3 is 5.97 Å². The van der Waals surface area contributed by atoms with Crippen molar-refractivity contribution >= 4 is 11.9 Å². The molecule has 0 aromatic carbocycles. The van der Waals surface area contributed by atoms with E-state index in [0.717, 1.165) is 25.7 Å². The van der Waals surface area contributed by atoms with E-state index < -0.39 is 23.2 Å². The second-order valence-electron chi connectivity index (χ2n) is 6.46. The monoisotopic (exact) mass is 269 g/mol. The Hall–Kier alpha value is -1.10. The Balaban J connectivity index is 1.96. The van der Waals surface area contributed by atoms with Crippen molar-refractivity contribution in [2.75, 3.05) is 6.61 Å². The molecule has 0 spiro atoms. The third kappa shape index (κ3) is 2.61. The number of carboxylic acids is 1. The lowest BCUT2D eigenvalue weighted by Crippen LogP contribution is -2.44. The Morgan fingerprint density at radius 2 is 1.84 bits per heavy atom. The van der Waals surface area contributed by atoms with Crippen molar-refractivity contribution in [3.05, 3.63) is 0 Å². The smallest absolute Gasteiger partial charge is 0.307 e. The van der Waals surface area contributed by atoms with E-state index in [0.29, 0.717) is 0 Å². The summed E-state index contributed by atoms with van der Waals surface area (Å²) in [5, 5.41) is 21.4. The maximum Gasteiger partial charge on any atom is 0.307 e. The van der Waals surface area contributed by atoms with Crippen LogP contribution in [0.1, 0.15) is 39.5 Å². The van der Waals surface area contributed by atoms with E-state index in [1.165, 1.54) is 0 Å². The fourth-order valence-corrected chi connectivity index (χ4v) is 3.48. The molecule has 2 saturated carbocycles. The van der Waals surface area contributed by atoms with Gasteiger partial charge in [-0.3, -0.25) is 9.59 Å². The highest BCUT2D eigenvalue weighted by Gasteiger charge is 2.66. The van der Waals surface area contributed by atoms with E-state index in [1.807, 2.05) is 13.8 Å². The van der Waals surface area contributed by atoms with E-state index in [1.54, 1.807) is 0 Å². The number of amides is 1. The number of hydrogen-bond donors (Lipinski definition) is 3. The minimum Gasteiger partial charge on any atom is -0.481 e. The van der Waals surface area contributed by atoms with Crippen molar-refractivity contribution in [1.82, 2.24) is 5.32 Å². The first-order valence-electron chi connectivity index (χ1n) is 7.03. The number of nitrogens with one attached hydrogen (secondary N) is 1. The van der Waals surface area contributed by atoms with Gasteiger partial charge in [0.05, 0.1) is 11.8 Å². The van der Waals surface area contributed by atoms with Crippen LogP contribution in [0.15, 0.2) is 0 Å². The van der Waals surface area contributed by atoms with Crippen molar-refractivity contribution in [3.8, 4) is 0 Å². The van der Waals surface area contributed by atoms with Crippen molar-refractivity contribution in [3.63, 3.8) is 0 Å². The zero-order chi connectivity index (χ0) is 14.2. The van der Waals surface area contributed by atoms with Gasteiger partial charge < -0.3 is 15.5 Å².